The van der Waals surface area contributed by atoms with E-state index in [0.717, 1.165) is 41.2 Å². The first-order valence-corrected chi connectivity index (χ1v) is 7.71. The van der Waals surface area contributed by atoms with Gasteiger partial charge in [0, 0.05) is 20.2 Å². The van der Waals surface area contributed by atoms with E-state index < -0.39 is 0 Å². The van der Waals surface area contributed by atoms with E-state index in [9.17, 15) is 0 Å². The third-order valence-corrected chi connectivity index (χ3v) is 3.74. The monoisotopic (exact) mass is 349 g/mol. The molecule has 0 aromatic heterocycles. The molecule has 2 aromatic carbocycles. The maximum absolute atomic E-state index is 5.95. The molecule has 21 heavy (non-hydrogen) atoms. The lowest BCUT2D eigenvalue weighted by molar-refractivity contribution is 0.199. The Hall–Kier alpha value is -1.36. The molecule has 4 heteroatoms. The largest absolute Gasteiger partial charge is 0.456 e. The molecule has 0 saturated carbocycles. The number of hydrogen-bond acceptors (Lipinski definition) is 3. The van der Waals surface area contributed by atoms with E-state index in [-0.39, 0.29) is 0 Å². The Morgan fingerprint density at radius 3 is 2.62 bits per heavy atom. The van der Waals surface area contributed by atoms with Crippen molar-refractivity contribution < 1.29 is 9.47 Å². The van der Waals surface area contributed by atoms with Gasteiger partial charge in [0.05, 0.1) is 11.1 Å². The normalized spacial score (nSPS) is 10.6. The molecule has 0 bridgehead atoms. The second-order valence-electron chi connectivity index (χ2n) is 4.80. The molecule has 3 nitrogen and oxygen atoms in total. The SMILES string of the molecule is COCCNCc1ccc(Oc2ccccc2C)c(Br)c1. The maximum Gasteiger partial charge on any atom is 0.141 e. The van der Waals surface area contributed by atoms with Gasteiger partial charge in [-0.1, -0.05) is 24.3 Å². The molecule has 0 spiro atoms. The minimum atomic E-state index is 0.718. The highest BCUT2D eigenvalue weighted by Gasteiger charge is 2.06. The number of halogens is 1. The molecule has 0 radical (unpaired) electrons. The van der Waals surface area contributed by atoms with Gasteiger partial charge in [-0.05, 0) is 52.2 Å². The molecule has 0 amide bonds. The van der Waals surface area contributed by atoms with Crippen molar-refractivity contribution in [2.45, 2.75) is 13.5 Å². The summed E-state index contributed by atoms with van der Waals surface area (Å²) >= 11 is 3.57. The minimum Gasteiger partial charge on any atom is -0.456 e. The first kappa shape index (κ1) is 16.0. The van der Waals surface area contributed by atoms with E-state index >= 15 is 0 Å². The maximum atomic E-state index is 5.95. The lowest BCUT2D eigenvalue weighted by atomic mass is 10.2. The van der Waals surface area contributed by atoms with E-state index in [0.29, 0.717) is 0 Å². The van der Waals surface area contributed by atoms with Crippen LogP contribution in [0.3, 0.4) is 0 Å². The van der Waals surface area contributed by atoms with Gasteiger partial charge >= 0.3 is 0 Å². The van der Waals surface area contributed by atoms with Crippen LogP contribution in [0, 0.1) is 6.92 Å². The van der Waals surface area contributed by atoms with Crippen LogP contribution in [0.4, 0.5) is 0 Å². The van der Waals surface area contributed by atoms with Gasteiger partial charge in [-0.2, -0.15) is 0 Å². The Morgan fingerprint density at radius 1 is 1.10 bits per heavy atom. The van der Waals surface area contributed by atoms with Gasteiger partial charge in [-0.25, -0.2) is 0 Å². The van der Waals surface area contributed by atoms with Crippen LogP contribution in [0.2, 0.25) is 0 Å². The summed E-state index contributed by atoms with van der Waals surface area (Å²) in [4.78, 5) is 0. The van der Waals surface area contributed by atoms with Crippen molar-refractivity contribution in [3.63, 3.8) is 0 Å². The zero-order valence-corrected chi connectivity index (χ0v) is 13.9. The Bertz CT molecular complexity index is 587. The third kappa shape index (κ3) is 4.84. The summed E-state index contributed by atoms with van der Waals surface area (Å²) in [6, 6.07) is 14.1. The second-order valence-corrected chi connectivity index (χ2v) is 5.66. The fourth-order valence-corrected chi connectivity index (χ4v) is 2.44. The zero-order valence-electron chi connectivity index (χ0n) is 12.4. The van der Waals surface area contributed by atoms with Crippen molar-refractivity contribution in [2.24, 2.45) is 0 Å². The van der Waals surface area contributed by atoms with Gasteiger partial charge < -0.3 is 14.8 Å². The predicted octanol–water partition coefficient (Wildman–Crippen LogP) is 4.29. The lowest BCUT2D eigenvalue weighted by Gasteiger charge is -2.11. The van der Waals surface area contributed by atoms with Crippen molar-refractivity contribution in [1.82, 2.24) is 5.32 Å². The molecule has 0 aliphatic carbocycles. The zero-order chi connectivity index (χ0) is 15.1. The molecule has 112 valence electrons. The quantitative estimate of drug-likeness (QED) is 0.756. The Labute approximate surface area is 134 Å². The number of ether oxygens (including phenoxy) is 2. The average Bonchev–Trinajstić information content (AvgIpc) is 2.48. The number of nitrogens with one attached hydrogen (secondary N) is 1. The summed E-state index contributed by atoms with van der Waals surface area (Å²) in [6.07, 6.45) is 0. The van der Waals surface area contributed by atoms with E-state index in [1.54, 1.807) is 7.11 Å². The predicted molar refractivity (Wildman–Crippen MR) is 89.0 cm³/mol. The van der Waals surface area contributed by atoms with E-state index in [2.05, 4.69) is 33.4 Å². The van der Waals surface area contributed by atoms with Gasteiger partial charge in [0.25, 0.3) is 0 Å². The van der Waals surface area contributed by atoms with E-state index in [1.165, 1.54) is 5.56 Å². The van der Waals surface area contributed by atoms with Crippen molar-refractivity contribution in [3.8, 4) is 11.5 Å². The molecule has 0 aliphatic heterocycles. The summed E-state index contributed by atoms with van der Waals surface area (Å²) in [5.74, 6) is 1.70. The van der Waals surface area contributed by atoms with Crippen LogP contribution in [0.1, 0.15) is 11.1 Å². The molecule has 2 aromatic rings. The van der Waals surface area contributed by atoms with Gasteiger partial charge in [-0.15, -0.1) is 0 Å². The Morgan fingerprint density at radius 2 is 1.90 bits per heavy atom. The fourth-order valence-electron chi connectivity index (χ4n) is 1.93. The van der Waals surface area contributed by atoms with Gasteiger partial charge in [0.2, 0.25) is 0 Å². The number of aryl methyl sites for hydroxylation is 1. The highest BCUT2D eigenvalue weighted by Crippen LogP contribution is 2.31. The van der Waals surface area contributed by atoms with Crippen LogP contribution in [0.15, 0.2) is 46.9 Å². The molecular weight excluding hydrogens is 330 g/mol. The molecular formula is C17H20BrNO2. The summed E-state index contributed by atoms with van der Waals surface area (Å²) in [5, 5.41) is 3.32. The first-order chi connectivity index (χ1) is 10.2. The van der Waals surface area contributed by atoms with Crippen LogP contribution < -0.4 is 10.1 Å². The smallest absolute Gasteiger partial charge is 0.141 e. The summed E-state index contributed by atoms with van der Waals surface area (Å²) < 4.78 is 11.9. The van der Waals surface area contributed by atoms with Crippen LogP contribution >= 0.6 is 15.9 Å². The fraction of sp³-hybridized carbons (Fsp3) is 0.294. The number of benzene rings is 2. The van der Waals surface area contributed by atoms with E-state index in [4.69, 9.17) is 9.47 Å². The lowest BCUT2D eigenvalue weighted by Crippen LogP contribution is -2.18. The van der Waals surface area contributed by atoms with Crippen LogP contribution in [0.25, 0.3) is 0 Å². The van der Waals surface area contributed by atoms with Crippen molar-refractivity contribution in [1.29, 1.82) is 0 Å². The molecule has 0 atom stereocenters. The average molecular weight is 350 g/mol. The Balaban J connectivity index is 2.01. The molecule has 0 unspecified atom stereocenters. The van der Waals surface area contributed by atoms with Gasteiger partial charge in [-0.3, -0.25) is 0 Å². The highest BCUT2D eigenvalue weighted by atomic mass is 79.9. The second kappa shape index (κ2) is 8.17. The third-order valence-electron chi connectivity index (χ3n) is 3.12. The molecule has 0 fully saturated rings. The molecule has 1 N–H and O–H groups in total. The van der Waals surface area contributed by atoms with Crippen LogP contribution in [0.5, 0.6) is 11.5 Å². The number of rotatable bonds is 7. The van der Waals surface area contributed by atoms with Crippen molar-refractivity contribution >= 4 is 15.9 Å². The number of para-hydroxylation sites is 1. The molecule has 0 heterocycles. The summed E-state index contributed by atoms with van der Waals surface area (Å²) in [7, 11) is 1.70. The number of methoxy groups -OCH3 is 1. The molecule has 0 saturated heterocycles. The van der Waals surface area contributed by atoms with Crippen molar-refractivity contribution in [3.05, 3.63) is 58.1 Å². The summed E-state index contributed by atoms with van der Waals surface area (Å²) in [6.45, 7) is 4.41. The van der Waals surface area contributed by atoms with Gasteiger partial charge in [0.15, 0.2) is 0 Å². The number of hydrogen-bond donors (Lipinski definition) is 1. The van der Waals surface area contributed by atoms with E-state index in [1.807, 2.05) is 37.3 Å². The first-order valence-electron chi connectivity index (χ1n) is 6.92. The highest BCUT2D eigenvalue weighted by molar-refractivity contribution is 9.10. The molecule has 2 rings (SSSR count). The van der Waals surface area contributed by atoms with Crippen LogP contribution in [-0.4, -0.2) is 20.3 Å². The summed E-state index contributed by atoms with van der Waals surface area (Å²) in [5.41, 5.74) is 2.32. The van der Waals surface area contributed by atoms with Crippen molar-refractivity contribution in [2.75, 3.05) is 20.3 Å². The van der Waals surface area contributed by atoms with Gasteiger partial charge in [0.1, 0.15) is 11.5 Å². The minimum absolute atomic E-state index is 0.718. The standard InChI is InChI=1S/C17H20BrNO2/c1-13-5-3-4-6-16(13)21-17-8-7-14(11-15(17)18)12-19-9-10-20-2/h3-8,11,19H,9-10,12H2,1-2H3. The van der Waals surface area contributed by atoms with Crippen LogP contribution in [-0.2, 0) is 11.3 Å². The Kier molecular flexibility index (Phi) is 6.23. The topological polar surface area (TPSA) is 30.5 Å². The molecule has 0 aliphatic rings.